The Kier molecular flexibility index (Phi) is 5.35. The van der Waals surface area contributed by atoms with Gasteiger partial charge in [-0.15, -0.1) is 0 Å². The number of ether oxygens (including phenoxy) is 3. The fourth-order valence-corrected chi connectivity index (χ4v) is 3.22. The summed E-state index contributed by atoms with van der Waals surface area (Å²) < 4.78 is 15.8. The van der Waals surface area contributed by atoms with Crippen LogP contribution in [0.15, 0.2) is 47.5 Å². The number of esters is 1. The summed E-state index contributed by atoms with van der Waals surface area (Å²) in [6.45, 7) is 5.82. The predicted octanol–water partition coefficient (Wildman–Crippen LogP) is 2.93. The van der Waals surface area contributed by atoms with Gasteiger partial charge in [-0.05, 0) is 31.5 Å². The molecule has 7 heteroatoms. The second-order valence-electron chi connectivity index (χ2n) is 6.14. The lowest BCUT2D eigenvalue weighted by Crippen LogP contribution is -2.37. The second kappa shape index (κ2) is 7.72. The average Bonchev–Trinajstić information content (AvgIpc) is 3.00. The lowest BCUT2D eigenvalue weighted by molar-refractivity contribution is -0.145. The maximum absolute atomic E-state index is 11.9. The zero-order valence-electron chi connectivity index (χ0n) is 15.6. The van der Waals surface area contributed by atoms with E-state index in [9.17, 15) is 14.7 Å². The van der Waals surface area contributed by atoms with E-state index in [1.807, 2.05) is 0 Å². The Hall–Kier alpha value is -3.35. The first-order valence-corrected chi connectivity index (χ1v) is 8.66. The minimum atomic E-state index is -1.31. The molecule has 1 aliphatic heterocycles. The minimum absolute atomic E-state index is 0.125. The second-order valence-corrected chi connectivity index (χ2v) is 6.14. The van der Waals surface area contributed by atoms with Gasteiger partial charge in [0.1, 0.15) is 17.2 Å². The maximum atomic E-state index is 11.9. The van der Waals surface area contributed by atoms with Gasteiger partial charge in [0.15, 0.2) is 6.61 Å². The van der Waals surface area contributed by atoms with Crippen LogP contribution < -0.4 is 9.47 Å². The van der Waals surface area contributed by atoms with Gasteiger partial charge in [-0.1, -0.05) is 24.3 Å². The molecule has 2 aromatic carbocycles. The van der Waals surface area contributed by atoms with E-state index in [2.05, 4.69) is 11.9 Å². The zero-order valence-corrected chi connectivity index (χ0v) is 15.6. The van der Waals surface area contributed by atoms with E-state index in [4.69, 9.17) is 14.2 Å². The molecule has 0 spiro atoms. The fraction of sp³-hybridized carbons (Fsp3) is 0.238. The van der Waals surface area contributed by atoms with Crippen LogP contribution in [-0.2, 0) is 19.7 Å². The van der Waals surface area contributed by atoms with E-state index < -0.39 is 17.4 Å². The van der Waals surface area contributed by atoms with E-state index in [0.29, 0.717) is 22.6 Å². The van der Waals surface area contributed by atoms with Gasteiger partial charge in [-0.2, -0.15) is 0 Å². The molecule has 0 aromatic heterocycles. The number of carbonyl (C=O) groups excluding carboxylic acids is 1. The first-order valence-electron chi connectivity index (χ1n) is 8.66. The number of carboxylic acids is 1. The van der Waals surface area contributed by atoms with Crippen LogP contribution in [-0.4, -0.2) is 43.1 Å². The van der Waals surface area contributed by atoms with Crippen molar-refractivity contribution in [2.45, 2.75) is 12.3 Å². The highest BCUT2D eigenvalue weighted by Crippen LogP contribution is 2.47. The number of rotatable bonds is 7. The van der Waals surface area contributed by atoms with Crippen molar-refractivity contribution >= 4 is 23.3 Å². The van der Waals surface area contributed by atoms with Crippen molar-refractivity contribution in [3.05, 3.63) is 60.5 Å². The molecule has 0 saturated heterocycles. The van der Waals surface area contributed by atoms with E-state index >= 15 is 0 Å². The summed E-state index contributed by atoms with van der Waals surface area (Å²) in [5.74, 6) is -0.953. The van der Waals surface area contributed by atoms with Crippen LogP contribution in [0.4, 0.5) is 5.69 Å². The van der Waals surface area contributed by atoms with Crippen LogP contribution >= 0.6 is 0 Å². The quantitative estimate of drug-likeness (QED) is 0.740. The van der Waals surface area contributed by atoms with Gasteiger partial charge < -0.3 is 19.3 Å². The topological polar surface area (TPSA) is 94.4 Å². The van der Waals surface area contributed by atoms with Crippen molar-refractivity contribution in [3.63, 3.8) is 0 Å². The Morgan fingerprint density at radius 2 is 1.93 bits per heavy atom. The molecule has 2 aromatic rings. The number of benzene rings is 2. The standard InChI is InChI=1S/C21H20NO6/c1-4-27-18(23)12-28-17-11-13(26-3)9-10-15(17)21(2)14-7-5-6-8-16(14)22-19(21)20(24)25/h5-11H,2,4,12H2,1,3H3,(H,24,25). The van der Waals surface area contributed by atoms with Crippen molar-refractivity contribution in [3.8, 4) is 11.5 Å². The van der Waals surface area contributed by atoms with Crippen LogP contribution in [0, 0.1) is 6.92 Å². The number of para-hydroxylation sites is 1. The van der Waals surface area contributed by atoms with Gasteiger partial charge in [0.05, 0.1) is 24.8 Å². The van der Waals surface area contributed by atoms with Gasteiger partial charge in [-0.3, -0.25) is 0 Å². The first kappa shape index (κ1) is 19.4. The van der Waals surface area contributed by atoms with E-state index in [-0.39, 0.29) is 24.7 Å². The number of carboxylic acid groups (broad SMARTS) is 1. The highest BCUT2D eigenvalue weighted by Gasteiger charge is 2.46. The third-order valence-electron chi connectivity index (χ3n) is 4.50. The van der Waals surface area contributed by atoms with Crippen molar-refractivity contribution in [1.82, 2.24) is 0 Å². The number of nitrogens with zero attached hydrogens (tertiary/aromatic N) is 1. The summed E-state index contributed by atoms with van der Waals surface area (Å²) in [4.78, 5) is 27.9. The maximum Gasteiger partial charge on any atom is 0.351 e. The van der Waals surface area contributed by atoms with Crippen LogP contribution in [0.2, 0.25) is 0 Å². The molecule has 1 N–H and O–H groups in total. The molecule has 1 aliphatic rings. The van der Waals surface area contributed by atoms with Gasteiger partial charge in [-0.25, -0.2) is 14.6 Å². The molecule has 0 fully saturated rings. The van der Waals surface area contributed by atoms with Crippen molar-refractivity contribution < 1.29 is 28.9 Å². The smallest absolute Gasteiger partial charge is 0.351 e. The normalized spacial score (nSPS) is 17.5. The van der Waals surface area contributed by atoms with Crippen LogP contribution in [0.25, 0.3) is 0 Å². The Balaban J connectivity index is 2.12. The van der Waals surface area contributed by atoms with E-state index in [1.165, 1.54) is 7.11 Å². The van der Waals surface area contributed by atoms with Crippen LogP contribution in [0.1, 0.15) is 18.1 Å². The third kappa shape index (κ3) is 3.31. The van der Waals surface area contributed by atoms with Crippen molar-refractivity contribution in [2.24, 2.45) is 4.99 Å². The van der Waals surface area contributed by atoms with Crippen LogP contribution in [0.5, 0.6) is 11.5 Å². The molecule has 0 bridgehead atoms. The molecule has 1 unspecified atom stereocenters. The fourth-order valence-electron chi connectivity index (χ4n) is 3.22. The molecule has 1 radical (unpaired) electrons. The Bertz CT molecular complexity index is 952. The summed E-state index contributed by atoms with van der Waals surface area (Å²) in [6.07, 6.45) is 0. The van der Waals surface area contributed by atoms with Gasteiger partial charge in [0, 0.05) is 11.6 Å². The molecule has 28 heavy (non-hydrogen) atoms. The first-order chi connectivity index (χ1) is 13.4. The minimum Gasteiger partial charge on any atom is -0.497 e. The third-order valence-corrected chi connectivity index (χ3v) is 4.50. The number of hydrogen-bond donors (Lipinski definition) is 1. The van der Waals surface area contributed by atoms with Crippen molar-refractivity contribution in [2.75, 3.05) is 20.3 Å². The van der Waals surface area contributed by atoms with Gasteiger partial charge >= 0.3 is 11.9 Å². The van der Waals surface area contributed by atoms with E-state index in [0.717, 1.165) is 0 Å². The number of aliphatic imine (C=N–C) groups is 1. The molecule has 0 aliphatic carbocycles. The lowest BCUT2D eigenvalue weighted by Gasteiger charge is -2.28. The SMILES string of the molecule is [CH2]C1(c2ccc(OC)cc2OCC(=O)OCC)C(C(=O)O)=Nc2ccccc21. The summed E-state index contributed by atoms with van der Waals surface area (Å²) in [5.41, 5.74) is 0.197. The Morgan fingerprint density at radius 1 is 1.18 bits per heavy atom. The highest BCUT2D eigenvalue weighted by molar-refractivity contribution is 6.42. The molecule has 0 amide bonds. The predicted molar refractivity (Wildman–Crippen MR) is 102 cm³/mol. The Morgan fingerprint density at radius 3 is 2.61 bits per heavy atom. The Labute approximate surface area is 162 Å². The highest BCUT2D eigenvalue weighted by atomic mass is 16.6. The van der Waals surface area contributed by atoms with Gasteiger partial charge in [0.2, 0.25) is 0 Å². The molecular weight excluding hydrogens is 362 g/mol. The molecular formula is C21H20NO6. The lowest BCUT2D eigenvalue weighted by atomic mass is 9.73. The van der Waals surface area contributed by atoms with Crippen LogP contribution in [0.3, 0.4) is 0 Å². The number of methoxy groups -OCH3 is 1. The molecule has 145 valence electrons. The summed E-state index contributed by atoms with van der Waals surface area (Å²) in [6, 6.07) is 12.0. The number of hydrogen-bond acceptors (Lipinski definition) is 6. The molecule has 1 heterocycles. The number of fused-ring (bicyclic) bond motifs is 1. The number of carbonyl (C=O) groups is 2. The number of aliphatic carboxylic acids is 1. The molecule has 3 rings (SSSR count). The van der Waals surface area contributed by atoms with Gasteiger partial charge in [0.25, 0.3) is 0 Å². The zero-order chi connectivity index (χ0) is 20.3. The largest absolute Gasteiger partial charge is 0.497 e. The van der Waals surface area contributed by atoms with E-state index in [1.54, 1.807) is 49.4 Å². The summed E-state index contributed by atoms with van der Waals surface area (Å²) >= 11 is 0. The average molecular weight is 382 g/mol. The van der Waals surface area contributed by atoms with Crippen molar-refractivity contribution in [1.29, 1.82) is 0 Å². The molecule has 1 atom stereocenters. The monoisotopic (exact) mass is 382 g/mol. The molecule has 0 saturated carbocycles. The molecule has 7 nitrogen and oxygen atoms in total. The summed E-state index contributed by atoms with van der Waals surface area (Å²) in [7, 11) is 1.50. The summed E-state index contributed by atoms with van der Waals surface area (Å²) in [5, 5.41) is 9.75.